The van der Waals surface area contributed by atoms with Crippen molar-refractivity contribution in [2.24, 2.45) is 0 Å². The molecule has 0 nitrogen and oxygen atoms in total. The van der Waals surface area contributed by atoms with Crippen LogP contribution in [0.1, 0.15) is 22.3 Å². The molecule has 0 aromatic heterocycles. The molecule has 0 amide bonds. The van der Waals surface area contributed by atoms with Gasteiger partial charge >= 0.3 is 0 Å². The molecule has 0 aliphatic rings. The van der Waals surface area contributed by atoms with E-state index in [2.05, 4.69) is 13.2 Å². The molecule has 0 N–H and O–H groups in total. The summed E-state index contributed by atoms with van der Waals surface area (Å²) in [5.41, 5.74) is 3.78. The summed E-state index contributed by atoms with van der Waals surface area (Å²) in [6.07, 6.45) is 3.40. The van der Waals surface area contributed by atoms with E-state index in [0.29, 0.717) is 5.57 Å². The van der Waals surface area contributed by atoms with E-state index in [-0.39, 0.29) is 11.1 Å². The molecule has 0 fully saturated rings. The van der Waals surface area contributed by atoms with Crippen LogP contribution < -0.4 is 0 Å². The molecule has 0 unspecified atom stereocenters. The van der Waals surface area contributed by atoms with Gasteiger partial charge in [0.05, 0.1) is 0 Å². The molecule has 2 aromatic rings. The van der Waals surface area contributed by atoms with Crippen molar-refractivity contribution < 1.29 is 8.78 Å². The van der Waals surface area contributed by atoms with Gasteiger partial charge in [0, 0.05) is 5.56 Å². The van der Waals surface area contributed by atoms with E-state index >= 15 is 0 Å². The Balaban J connectivity index is 2.20. The Morgan fingerprint density at radius 2 is 1.41 bits per heavy atom. The molecular formula is C20H18F2. The summed E-state index contributed by atoms with van der Waals surface area (Å²) in [6.45, 7) is 11.3. The summed E-state index contributed by atoms with van der Waals surface area (Å²) in [5.74, 6) is -1.69. The van der Waals surface area contributed by atoms with Crippen molar-refractivity contribution in [2.75, 3.05) is 0 Å². The molecule has 0 atom stereocenters. The third kappa shape index (κ3) is 3.40. The van der Waals surface area contributed by atoms with Crippen LogP contribution >= 0.6 is 0 Å². The fraction of sp³-hybridized carbons (Fsp3) is 0.100. The van der Waals surface area contributed by atoms with Crippen LogP contribution in [0.3, 0.4) is 0 Å². The number of rotatable bonds is 4. The topological polar surface area (TPSA) is 0 Å². The molecule has 0 heterocycles. The normalized spacial score (nSPS) is 10.9. The van der Waals surface area contributed by atoms with Crippen molar-refractivity contribution in [3.05, 3.63) is 95.6 Å². The molecule has 0 spiro atoms. The first-order valence-corrected chi connectivity index (χ1v) is 6.98. The molecule has 0 aliphatic heterocycles. The third-order valence-electron chi connectivity index (χ3n) is 3.53. The van der Waals surface area contributed by atoms with Gasteiger partial charge in [0.1, 0.15) is 0 Å². The minimum Gasteiger partial charge on any atom is -0.203 e. The van der Waals surface area contributed by atoms with Gasteiger partial charge in [0.15, 0.2) is 11.6 Å². The van der Waals surface area contributed by atoms with E-state index in [1.165, 1.54) is 18.6 Å². The lowest BCUT2D eigenvalue weighted by Gasteiger charge is -2.06. The third-order valence-corrected chi connectivity index (χ3v) is 3.53. The zero-order valence-corrected chi connectivity index (χ0v) is 12.8. The van der Waals surface area contributed by atoms with Gasteiger partial charge in [0.25, 0.3) is 0 Å². The zero-order chi connectivity index (χ0) is 16.3. The summed E-state index contributed by atoms with van der Waals surface area (Å²) >= 11 is 0. The maximum atomic E-state index is 13.9. The van der Waals surface area contributed by atoms with E-state index in [1.54, 1.807) is 18.2 Å². The second-order valence-electron chi connectivity index (χ2n) is 5.31. The van der Waals surface area contributed by atoms with Crippen molar-refractivity contribution >= 4 is 11.1 Å². The van der Waals surface area contributed by atoms with Crippen LogP contribution in [0.2, 0.25) is 0 Å². The summed E-state index contributed by atoms with van der Waals surface area (Å²) in [6, 6.07) is 11.0. The maximum Gasteiger partial charge on any atom is 0.166 e. The molecule has 0 radical (unpaired) electrons. The number of hydrogen-bond donors (Lipinski definition) is 0. The maximum absolute atomic E-state index is 13.9. The Bertz CT molecular complexity index is 750. The SMILES string of the molecule is C=C(/C=C\C(=C)c1ccc(C)c(F)c1F)c1ccc(C)cc1. The smallest absolute Gasteiger partial charge is 0.166 e. The van der Waals surface area contributed by atoms with Crippen molar-refractivity contribution in [3.8, 4) is 0 Å². The average Bonchev–Trinajstić information content (AvgIpc) is 2.51. The van der Waals surface area contributed by atoms with Gasteiger partial charge in [-0.25, -0.2) is 8.78 Å². The first-order chi connectivity index (χ1) is 10.4. The predicted octanol–water partition coefficient (Wildman–Crippen LogP) is 5.86. The Kier molecular flexibility index (Phi) is 4.71. The summed E-state index contributed by atoms with van der Waals surface area (Å²) in [5, 5.41) is 0. The quantitative estimate of drug-likeness (QED) is 0.619. The number of benzene rings is 2. The van der Waals surface area contributed by atoms with Gasteiger partial charge in [-0.1, -0.05) is 67.3 Å². The summed E-state index contributed by atoms with van der Waals surface area (Å²) < 4.78 is 27.5. The monoisotopic (exact) mass is 296 g/mol. The molecule has 0 aliphatic carbocycles. The standard InChI is InChI=1S/C20H18F2/c1-13-5-10-17(11-6-13)14(2)7-8-15(3)18-12-9-16(4)19(21)20(18)22/h5-12H,2-3H2,1,4H3/b8-7-. The highest BCUT2D eigenvalue weighted by atomic mass is 19.2. The predicted molar refractivity (Wildman–Crippen MR) is 89.5 cm³/mol. The van der Waals surface area contributed by atoms with Crippen molar-refractivity contribution in [3.63, 3.8) is 0 Å². The molecule has 2 aromatic carbocycles. The average molecular weight is 296 g/mol. The molecule has 2 rings (SSSR count). The van der Waals surface area contributed by atoms with Gasteiger partial charge in [-0.3, -0.25) is 0 Å². The Morgan fingerprint density at radius 3 is 2.05 bits per heavy atom. The number of allylic oxidation sites excluding steroid dienone is 4. The summed E-state index contributed by atoms with van der Waals surface area (Å²) in [4.78, 5) is 0. The van der Waals surface area contributed by atoms with Crippen LogP contribution in [0.15, 0.2) is 61.7 Å². The molecule has 2 heteroatoms. The van der Waals surface area contributed by atoms with Crippen molar-refractivity contribution in [1.29, 1.82) is 0 Å². The first kappa shape index (κ1) is 15.9. The zero-order valence-electron chi connectivity index (χ0n) is 12.8. The van der Waals surface area contributed by atoms with Crippen LogP contribution in [0.25, 0.3) is 11.1 Å². The number of halogens is 2. The second-order valence-corrected chi connectivity index (χ2v) is 5.31. The second kappa shape index (κ2) is 6.52. The van der Waals surface area contributed by atoms with Crippen molar-refractivity contribution in [2.45, 2.75) is 13.8 Å². The van der Waals surface area contributed by atoms with Gasteiger partial charge in [-0.2, -0.15) is 0 Å². The van der Waals surface area contributed by atoms with E-state index in [4.69, 9.17) is 0 Å². The molecule has 0 saturated heterocycles. The largest absolute Gasteiger partial charge is 0.203 e. The highest BCUT2D eigenvalue weighted by Crippen LogP contribution is 2.23. The van der Waals surface area contributed by atoms with E-state index in [0.717, 1.165) is 11.1 Å². The molecule has 0 bridgehead atoms. The fourth-order valence-electron chi connectivity index (χ4n) is 2.05. The van der Waals surface area contributed by atoms with Crippen molar-refractivity contribution in [1.82, 2.24) is 0 Å². The Morgan fingerprint density at radius 1 is 0.818 bits per heavy atom. The number of hydrogen-bond acceptors (Lipinski definition) is 0. The molecule has 0 saturated carbocycles. The lowest BCUT2D eigenvalue weighted by Crippen LogP contribution is -1.94. The number of aryl methyl sites for hydroxylation is 2. The Labute approximate surface area is 130 Å². The first-order valence-electron chi connectivity index (χ1n) is 6.98. The minimum atomic E-state index is -0.865. The van der Waals surface area contributed by atoms with Gasteiger partial charge in [-0.05, 0) is 36.1 Å². The molecule has 22 heavy (non-hydrogen) atoms. The van der Waals surface area contributed by atoms with Crippen LogP contribution in [-0.4, -0.2) is 0 Å². The summed E-state index contributed by atoms with van der Waals surface area (Å²) in [7, 11) is 0. The van der Waals surface area contributed by atoms with Crippen LogP contribution in [-0.2, 0) is 0 Å². The molecular weight excluding hydrogens is 278 g/mol. The minimum absolute atomic E-state index is 0.163. The highest BCUT2D eigenvalue weighted by molar-refractivity contribution is 5.79. The Hall–Kier alpha value is -2.48. The lowest BCUT2D eigenvalue weighted by atomic mass is 10.0. The van der Waals surface area contributed by atoms with E-state index in [1.807, 2.05) is 31.2 Å². The van der Waals surface area contributed by atoms with Crippen LogP contribution in [0.4, 0.5) is 8.78 Å². The van der Waals surface area contributed by atoms with E-state index in [9.17, 15) is 8.78 Å². The highest BCUT2D eigenvalue weighted by Gasteiger charge is 2.11. The van der Waals surface area contributed by atoms with Crippen LogP contribution in [0.5, 0.6) is 0 Å². The van der Waals surface area contributed by atoms with Crippen LogP contribution in [0, 0.1) is 25.5 Å². The lowest BCUT2D eigenvalue weighted by molar-refractivity contribution is 0.501. The van der Waals surface area contributed by atoms with Gasteiger partial charge in [-0.15, -0.1) is 0 Å². The fourth-order valence-corrected chi connectivity index (χ4v) is 2.05. The van der Waals surface area contributed by atoms with Gasteiger partial charge < -0.3 is 0 Å². The van der Waals surface area contributed by atoms with Gasteiger partial charge in [0.2, 0.25) is 0 Å². The molecule has 112 valence electrons. The van der Waals surface area contributed by atoms with E-state index < -0.39 is 11.6 Å².